The average Bonchev–Trinajstić information content (AvgIpc) is 2.64. The van der Waals surface area contributed by atoms with Gasteiger partial charge in [0.15, 0.2) is 6.10 Å². The molecule has 1 saturated carbocycles. The first-order valence-corrected chi connectivity index (χ1v) is 9.50. The predicted octanol–water partition coefficient (Wildman–Crippen LogP) is 3.42. The van der Waals surface area contributed by atoms with Crippen LogP contribution in [0.1, 0.15) is 44.6 Å². The summed E-state index contributed by atoms with van der Waals surface area (Å²) in [5, 5.41) is 12.7. The number of halogens is 2. The minimum absolute atomic E-state index is 0.0118. The molecule has 0 spiro atoms. The fourth-order valence-electron chi connectivity index (χ4n) is 3.06. The van der Waals surface area contributed by atoms with E-state index in [1.165, 1.54) is 0 Å². The molecule has 1 fully saturated rings. The van der Waals surface area contributed by atoms with Gasteiger partial charge >= 0.3 is 12.1 Å². The molecule has 2 unspecified atom stereocenters. The number of alkyl halides is 2. The van der Waals surface area contributed by atoms with E-state index in [4.69, 9.17) is 9.47 Å². The Balaban J connectivity index is 1.90. The molecule has 1 amide bonds. The minimum Gasteiger partial charge on any atom is -0.464 e. The summed E-state index contributed by atoms with van der Waals surface area (Å²) in [6.45, 7) is 2.09. The number of rotatable bonds is 10. The van der Waals surface area contributed by atoms with Crippen molar-refractivity contribution in [3.8, 4) is 0 Å². The zero-order valence-electron chi connectivity index (χ0n) is 15.9. The second-order valence-corrected chi connectivity index (χ2v) is 7.14. The normalized spacial score (nSPS) is 17.9. The molecule has 1 aromatic carbocycles. The van der Waals surface area contributed by atoms with Crippen LogP contribution in [0.3, 0.4) is 0 Å². The summed E-state index contributed by atoms with van der Waals surface area (Å²) in [5.74, 6) is -4.00. The third-order valence-electron chi connectivity index (χ3n) is 4.64. The summed E-state index contributed by atoms with van der Waals surface area (Å²) in [6.07, 6.45) is -1.64. The van der Waals surface area contributed by atoms with Gasteiger partial charge in [-0.05, 0) is 24.3 Å². The van der Waals surface area contributed by atoms with Gasteiger partial charge in [-0.15, -0.1) is 0 Å². The van der Waals surface area contributed by atoms with Gasteiger partial charge in [0.25, 0.3) is 0 Å². The topological polar surface area (TPSA) is 84.9 Å². The second-order valence-electron chi connectivity index (χ2n) is 7.14. The van der Waals surface area contributed by atoms with E-state index in [-0.39, 0.29) is 32.5 Å². The standard InChI is InChI=1S/C20H27F2NO5/c1-2-3-9-27-18(25)17(24)16(10-15-11-20(21,22)12-15)23-19(26)28-13-14-7-5-4-6-8-14/h4-8,15-17,24H,2-3,9-13H2,1H3,(H,23,26). The minimum atomic E-state index is -2.73. The zero-order chi connectivity index (χ0) is 20.6. The van der Waals surface area contributed by atoms with E-state index in [9.17, 15) is 23.5 Å². The maximum absolute atomic E-state index is 13.1. The lowest BCUT2D eigenvalue weighted by atomic mass is 9.76. The molecule has 0 aliphatic heterocycles. The molecule has 28 heavy (non-hydrogen) atoms. The second kappa shape index (κ2) is 10.4. The van der Waals surface area contributed by atoms with E-state index >= 15 is 0 Å². The Hall–Kier alpha value is -2.22. The SMILES string of the molecule is CCCCOC(=O)C(O)C(CC1CC(F)(F)C1)NC(=O)OCc1ccccc1. The monoisotopic (exact) mass is 399 g/mol. The molecule has 2 N–H and O–H groups in total. The lowest BCUT2D eigenvalue weighted by Crippen LogP contribution is -2.50. The molecule has 1 aromatic rings. The van der Waals surface area contributed by atoms with Crippen LogP contribution in [0.5, 0.6) is 0 Å². The summed E-state index contributed by atoms with van der Waals surface area (Å²) in [4.78, 5) is 24.1. The Morgan fingerprint density at radius 1 is 1.25 bits per heavy atom. The molecule has 0 saturated heterocycles. The highest BCUT2D eigenvalue weighted by atomic mass is 19.3. The summed E-state index contributed by atoms with van der Waals surface area (Å²) < 4.78 is 36.3. The molecule has 0 heterocycles. The first-order chi connectivity index (χ1) is 13.3. The van der Waals surface area contributed by atoms with Crippen molar-refractivity contribution < 1.29 is 33.0 Å². The molecule has 1 aliphatic carbocycles. The zero-order valence-corrected chi connectivity index (χ0v) is 15.9. The van der Waals surface area contributed by atoms with Crippen LogP contribution in [-0.4, -0.2) is 41.8 Å². The Kier molecular flexibility index (Phi) is 8.17. The number of benzene rings is 1. The van der Waals surface area contributed by atoms with E-state index in [0.717, 1.165) is 12.0 Å². The number of unbranched alkanes of at least 4 members (excludes halogenated alkanes) is 1. The fraction of sp³-hybridized carbons (Fsp3) is 0.600. The molecule has 2 atom stereocenters. The Morgan fingerprint density at radius 3 is 2.54 bits per heavy atom. The van der Waals surface area contributed by atoms with Gasteiger partial charge in [0.1, 0.15) is 6.61 Å². The van der Waals surface area contributed by atoms with Crippen LogP contribution >= 0.6 is 0 Å². The summed E-state index contributed by atoms with van der Waals surface area (Å²) in [7, 11) is 0. The maximum atomic E-state index is 13.1. The van der Waals surface area contributed by atoms with Gasteiger partial charge in [0.2, 0.25) is 5.92 Å². The van der Waals surface area contributed by atoms with Crippen LogP contribution in [0.25, 0.3) is 0 Å². The van der Waals surface area contributed by atoms with Crippen LogP contribution in [-0.2, 0) is 20.9 Å². The number of carbonyl (C=O) groups is 2. The lowest BCUT2D eigenvalue weighted by Gasteiger charge is -2.37. The van der Waals surface area contributed by atoms with Crippen LogP contribution in [0.15, 0.2) is 30.3 Å². The number of esters is 1. The number of aliphatic hydroxyl groups is 1. The molecule has 156 valence electrons. The number of hydrogen-bond acceptors (Lipinski definition) is 5. The Labute approximate surface area is 163 Å². The van der Waals surface area contributed by atoms with E-state index in [0.29, 0.717) is 6.42 Å². The summed E-state index contributed by atoms with van der Waals surface area (Å²) in [6, 6.07) is 7.92. The number of hydrogen-bond donors (Lipinski definition) is 2. The Morgan fingerprint density at radius 2 is 1.93 bits per heavy atom. The molecule has 2 rings (SSSR count). The highest BCUT2D eigenvalue weighted by molar-refractivity contribution is 5.77. The van der Waals surface area contributed by atoms with Crippen LogP contribution < -0.4 is 5.32 Å². The molecule has 0 bridgehead atoms. The number of nitrogens with one attached hydrogen (secondary N) is 1. The number of carbonyl (C=O) groups excluding carboxylic acids is 2. The van der Waals surface area contributed by atoms with Crippen LogP contribution in [0, 0.1) is 5.92 Å². The smallest absolute Gasteiger partial charge is 0.407 e. The van der Waals surface area contributed by atoms with Gasteiger partial charge in [0.05, 0.1) is 12.6 Å². The quantitative estimate of drug-likeness (QED) is 0.465. The highest BCUT2D eigenvalue weighted by Crippen LogP contribution is 2.44. The van der Waals surface area contributed by atoms with Crippen molar-refractivity contribution in [1.82, 2.24) is 5.32 Å². The molecular weight excluding hydrogens is 372 g/mol. The van der Waals surface area contributed by atoms with Crippen molar-refractivity contribution in [1.29, 1.82) is 0 Å². The lowest BCUT2D eigenvalue weighted by molar-refractivity contribution is -0.156. The number of ether oxygens (including phenoxy) is 2. The molecule has 0 aromatic heterocycles. The highest BCUT2D eigenvalue weighted by Gasteiger charge is 2.47. The van der Waals surface area contributed by atoms with Gasteiger partial charge in [0, 0.05) is 12.8 Å². The predicted molar refractivity (Wildman–Crippen MR) is 97.7 cm³/mol. The van der Waals surface area contributed by atoms with Crippen molar-refractivity contribution >= 4 is 12.1 Å². The third kappa shape index (κ3) is 7.07. The largest absolute Gasteiger partial charge is 0.464 e. The first-order valence-electron chi connectivity index (χ1n) is 9.50. The van der Waals surface area contributed by atoms with Crippen molar-refractivity contribution in [2.45, 2.75) is 63.7 Å². The molecular formula is C20H27F2NO5. The summed E-state index contributed by atoms with van der Waals surface area (Å²) in [5.41, 5.74) is 0.771. The van der Waals surface area contributed by atoms with Crippen molar-refractivity contribution in [3.05, 3.63) is 35.9 Å². The average molecular weight is 399 g/mol. The van der Waals surface area contributed by atoms with Crippen molar-refractivity contribution in [2.24, 2.45) is 5.92 Å². The van der Waals surface area contributed by atoms with Gasteiger partial charge in [-0.25, -0.2) is 18.4 Å². The van der Waals surface area contributed by atoms with Crippen LogP contribution in [0.2, 0.25) is 0 Å². The van der Waals surface area contributed by atoms with E-state index in [1.807, 2.05) is 13.0 Å². The molecule has 8 heteroatoms. The first kappa shape index (κ1) is 22.1. The molecule has 0 radical (unpaired) electrons. The van der Waals surface area contributed by atoms with Gasteiger partial charge in [-0.1, -0.05) is 43.7 Å². The van der Waals surface area contributed by atoms with Gasteiger partial charge < -0.3 is 19.9 Å². The number of amides is 1. The van der Waals surface area contributed by atoms with E-state index in [2.05, 4.69) is 5.32 Å². The van der Waals surface area contributed by atoms with Gasteiger partial charge in [-0.3, -0.25) is 0 Å². The number of aliphatic hydroxyl groups excluding tert-OH is 1. The third-order valence-corrected chi connectivity index (χ3v) is 4.64. The van der Waals surface area contributed by atoms with E-state index < -0.39 is 36.0 Å². The van der Waals surface area contributed by atoms with Gasteiger partial charge in [-0.2, -0.15) is 0 Å². The van der Waals surface area contributed by atoms with Crippen molar-refractivity contribution in [2.75, 3.05) is 6.61 Å². The number of alkyl carbamates (subject to hydrolysis) is 1. The van der Waals surface area contributed by atoms with Crippen molar-refractivity contribution in [3.63, 3.8) is 0 Å². The Bertz CT molecular complexity index is 633. The maximum Gasteiger partial charge on any atom is 0.407 e. The summed E-state index contributed by atoms with van der Waals surface area (Å²) >= 11 is 0. The molecule has 1 aliphatic rings. The van der Waals surface area contributed by atoms with Crippen LogP contribution in [0.4, 0.5) is 13.6 Å². The molecule has 6 nitrogen and oxygen atoms in total. The van der Waals surface area contributed by atoms with E-state index in [1.54, 1.807) is 24.3 Å². The fourth-order valence-corrected chi connectivity index (χ4v) is 3.06.